The van der Waals surface area contributed by atoms with Crippen LogP contribution in [0.5, 0.6) is 0 Å². The van der Waals surface area contributed by atoms with Crippen molar-refractivity contribution in [1.29, 1.82) is 0 Å². The number of aliphatic imine (C=N–C) groups is 1. The predicted molar refractivity (Wildman–Crippen MR) is 43.2 cm³/mol. The van der Waals surface area contributed by atoms with Crippen LogP contribution in [0.2, 0.25) is 0 Å². The molecule has 1 aliphatic heterocycles. The Morgan fingerprint density at radius 3 is 2.85 bits per heavy atom. The predicted octanol–water partition coefficient (Wildman–Crippen LogP) is 1.79. The van der Waals surface area contributed by atoms with Gasteiger partial charge in [-0.3, -0.25) is 9.79 Å². The number of hydrogen-bond donors (Lipinski definition) is 0. The average molecular weight is 181 g/mol. The number of Topliss-reactive ketones (excluding diaryl/α,β-unsaturated/α-hetero) is 1. The van der Waals surface area contributed by atoms with Gasteiger partial charge >= 0.3 is 0 Å². The van der Waals surface area contributed by atoms with Gasteiger partial charge in [0.05, 0.1) is 11.9 Å². The summed E-state index contributed by atoms with van der Waals surface area (Å²) >= 11 is 0. The SMILES string of the molecule is O=C1C=Nc2ccc(F)c(F)c2C1. The quantitative estimate of drug-likeness (QED) is 0.600. The molecule has 0 saturated heterocycles. The number of carbonyl (C=O) groups is 1. The molecule has 0 bridgehead atoms. The van der Waals surface area contributed by atoms with Gasteiger partial charge in [-0.25, -0.2) is 8.78 Å². The molecule has 0 aliphatic carbocycles. The third-order valence-corrected chi connectivity index (χ3v) is 1.87. The number of hydrogen-bond acceptors (Lipinski definition) is 2. The Bertz CT molecular complexity index is 412. The maximum absolute atomic E-state index is 13.1. The molecule has 2 nitrogen and oxygen atoms in total. The first kappa shape index (κ1) is 8.04. The second-order valence-corrected chi connectivity index (χ2v) is 2.76. The lowest BCUT2D eigenvalue weighted by molar-refractivity contribution is -0.112. The minimum atomic E-state index is -0.970. The molecule has 0 spiro atoms. The number of ketones is 1. The molecule has 0 atom stereocenters. The third kappa shape index (κ3) is 1.24. The van der Waals surface area contributed by atoms with Crippen LogP contribution >= 0.6 is 0 Å². The molecule has 2 rings (SSSR count). The summed E-state index contributed by atoms with van der Waals surface area (Å²) in [4.78, 5) is 14.5. The molecule has 4 heteroatoms. The second kappa shape index (κ2) is 2.73. The Kier molecular flexibility index (Phi) is 1.69. The largest absolute Gasteiger partial charge is 0.293 e. The van der Waals surface area contributed by atoms with Crippen molar-refractivity contribution >= 4 is 17.7 Å². The molecule has 0 unspecified atom stereocenters. The van der Waals surface area contributed by atoms with E-state index in [-0.39, 0.29) is 17.8 Å². The van der Waals surface area contributed by atoms with Crippen LogP contribution in [0, 0.1) is 11.6 Å². The smallest absolute Gasteiger partial charge is 0.178 e. The summed E-state index contributed by atoms with van der Waals surface area (Å²) in [5.74, 6) is -2.22. The molecule has 0 saturated carbocycles. The van der Waals surface area contributed by atoms with E-state index in [1.165, 1.54) is 6.07 Å². The van der Waals surface area contributed by atoms with Crippen molar-refractivity contribution in [3.63, 3.8) is 0 Å². The fourth-order valence-corrected chi connectivity index (χ4v) is 1.23. The van der Waals surface area contributed by atoms with E-state index in [1.807, 2.05) is 0 Å². The molecule has 0 fully saturated rings. The van der Waals surface area contributed by atoms with Crippen LogP contribution < -0.4 is 0 Å². The molecule has 0 amide bonds. The van der Waals surface area contributed by atoms with Gasteiger partial charge < -0.3 is 0 Å². The van der Waals surface area contributed by atoms with Crippen LogP contribution in [-0.4, -0.2) is 12.0 Å². The first-order valence-corrected chi connectivity index (χ1v) is 3.72. The lowest BCUT2D eigenvalue weighted by Crippen LogP contribution is -2.10. The number of carbonyl (C=O) groups excluding carboxylic acids is 1. The molecule has 66 valence electrons. The fraction of sp³-hybridized carbons (Fsp3) is 0.111. The van der Waals surface area contributed by atoms with Gasteiger partial charge in [0.1, 0.15) is 0 Å². The minimum Gasteiger partial charge on any atom is -0.293 e. The molecule has 13 heavy (non-hydrogen) atoms. The van der Waals surface area contributed by atoms with Gasteiger partial charge in [0.2, 0.25) is 0 Å². The molecule has 0 N–H and O–H groups in total. The Balaban J connectivity index is 2.64. The van der Waals surface area contributed by atoms with Gasteiger partial charge in [-0.2, -0.15) is 0 Å². The minimum absolute atomic E-state index is 0.0486. The maximum Gasteiger partial charge on any atom is 0.178 e. The van der Waals surface area contributed by atoms with E-state index in [1.54, 1.807) is 0 Å². The van der Waals surface area contributed by atoms with Crippen molar-refractivity contribution in [3.05, 3.63) is 29.3 Å². The molecule has 1 aliphatic rings. The highest BCUT2D eigenvalue weighted by molar-refractivity contribution is 6.29. The summed E-state index contributed by atoms with van der Waals surface area (Å²) in [6.07, 6.45) is 1.02. The summed E-state index contributed by atoms with van der Waals surface area (Å²) < 4.78 is 25.8. The van der Waals surface area contributed by atoms with Crippen LogP contribution in [0.4, 0.5) is 14.5 Å². The van der Waals surface area contributed by atoms with Crippen molar-refractivity contribution in [1.82, 2.24) is 0 Å². The summed E-state index contributed by atoms with van der Waals surface area (Å²) in [5, 5.41) is 0. The van der Waals surface area contributed by atoms with Crippen LogP contribution in [0.3, 0.4) is 0 Å². The number of rotatable bonds is 0. The van der Waals surface area contributed by atoms with E-state index in [0.29, 0.717) is 5.69 Å². The van der Waals surface area contributed by atoms with Gasteiger partial charge in [0, 0.05) is 12.0 Å². The Hall–Kier alpha value is -1.58. The summed E-state index contributed by atoms with van der Waals surface area (Å²) in [6, 6.07) is 2.36. The summed E-state index contributed by atoms with van der Waals surface area (Å²) in [5.41, 5.74) is 0.381. The van der Waals surface area contributed by atoms with E-state index in [0.717, 1.165) is 12.3 Å². The third-order valence-electron chi connectivity index (χ3n) is 1.87. The number of nitrogens with zero attached hydrogens (tertiary/aromatic N) is 1. The summed E-state index contributed by atoms with van der Waals surface area (Å²) in [7, 11) is 0. The highest BCUT2D eigenvalue weighted by Gasteiger charge is 2.18. The number of benzene rings is 1. The standard InChI is InChI=1S/C9H5F2NO/c10-7-1-2-8-6(9(7)11)3-5(13)4-12-8/h1-2,4H,3H2. The zero-order chi connectivity index (χ0) is 9.42. The Morgan fingerprint density at radius 1 is 1.31 bits per heavy atom. The van der Waals surface area contributed by atoms with E-state index in [4.69, 9.17) is 0 Å². The molecular formula is C9H5F2NO. The highest BCUT2D eigenvalue weighted by Crippen LogP contribution is 2.26. The van der Waals surface area contributed by atoms with Gasteiger partial charge in [-0.1, -0.05) is 0 Å². The Morgan fingerprint density at radius 2 is 2.08 bits per heavy atom. The molecule has 0 aromatic heterocycles. The lowest BCUT2D eigenvalue weighted by Gasteiger charge is -2.09. The molecule has 1 aromatic carbocycles. The van der Waals surface area contributed by atoms with Crippen molar-refractivity contribution < 1.29 is 13.6 Å². The zero-order valence-corrected chi connectivity index (χ0v) is 6.55. The highest BCUT2D eigenvalue weighted by atomic mass is 19.2. The van der Waals surface area contributed by atoms with Crippen LogP contribution in [-0.2, 0) is 11.2 Å². The van der Waals surface area contributed by atoms with Gasteiger partial charge in [0.15, 0.2) is 17.4 Å². The molecular weight excluding hydrogens is 176 g/mol. The molecule has 0 radical (unpaired) electrons. The van der Waals surface area contributed by atoms with E-state index >= 15 is 0 Å². The van der Waals surface area contributed by atoms with E-state index in [2.05, 4.69) is 4.99 Å². The van der Waals surface area contributed by atoms with Crippen molar-refractivity contribution in [2.45, 2.75) is 6.42 Å². The van der Waals surface area contributed by atoms with E-state index < -0.39 is 11.6 Å². The van der Waals surface area contributed by atoms with Gasteiger partial charge in [0.25, 0.3) is 0 Å². The number of fused-ring (bicyclic) bond motifs is 1. The summed E-state index contributed by atoms with van der Waals surface area (Å²) in [6.45, 7) is 0. The first-order valence-electron chi connectivity index (χ1n) is 3.72. The maximum atomic E-state index is 13.1. The van der Waals surface area contributed by atoms with Gasteiger partial charge in [-0.15, -0.1) is 0 Å². The number of halogens is 2. The van der Waals surface area contributed by atoms with Crippen LogP contribution in [0.1, 0.15) is 5.56 Å². The fourth-order valence-electron chi connectivity index (χ4n) is 1.23. The van der Waals surface area contributed by atoms with Crippen molar-refractivity contribution in [2.75, 3.05) is 0 Å². The lowest BCUT2D eigenvalue weighted by atomic mass is 10.0. The normalized spacial score (nSPS) is 14.5. The topological polar surface area (TPSA) is 29.4 Å². The van der Waals surface area contributed by atoms with Crippen LogP contribution in [0.15, 0.2) is 17.1 Å². The monoisotopic (exact) mass is 181 g/mol. The van der Waals surface area contributed by atoms with Crippen LogP contribution in [0.25, 0.3) is 0 Å². The Labute approximate surface area is 72.9 Å². The second-order valence-electron chi connectivity index (χ2n) is 2.76. The van der Waals surface area contributed by atoms with E-state index in [9.17, 15) is 13.6 Å². The zero-order valence-electron chi connectivity index (χ0n) is 6.55. The first-order chi connectivity index (χ1) is 6.18. The average Bonchev–Trinajstić information content (AvgIpc) is 2.12. The molecule has 1 aromatic rings. The molecule has 1 heterocycles. The van der Waals surface area contributed by atoms with Crippen molar-refractivity contribution in [2.24, 2.45) is 4.99 Å². The van der Waals surface area contributed by atoms with Crippen molar-refractivity contribution in [3.8, 4) is 0 Å². The van der Waals surface area contributed by atoms with Gasteiger partial charge in [-0.05, 0) is 12.1 Å².